The number of nitrogens with one attached hydrogen (secondary N) is 1. The Kier molecular flexibility index (Phi) is 4.37. The highest BCUT2D eigenvalue weighted by molar-refractivity contribution is 5.34. The molecule has 0 spiro atoms. The van der Waals surface area contributed by atoms with Crippen LogP contribution >= 0.6 is 0 Å². The molecule has 0 aliphatic carbocycles. The van der Waals surface area contributed by atoms with Gasteiger partial charge in [0.1, 0.15) is 17.7 Å². The Hall–Kier alpha value is -1.48. The van der Waals surface area contributed by atoms with Gasteiger partial charge >= 0.3 is 0 Å². The van der Waals surface area contributed by atoms with Gasteiger partial charge in [0.2, 0.25) is 0 Å². The SMILES string of the molecule is CC(C)(C)CC(C)(C)NC=C(C#N)C#N. The molecule has 0 rings (SSSR count). The second-order valence-corrected chi connectivity index (χ2v) is 5.55. The Bertz CT molecular complexity index is 302. The number of nitriles is 2. The third-order valence-electron chi connectivity index (χ3n) is 1.82. The quantitative estimate of drug-likeness (QED) is 0.721. The highest BCUT2D eigenvalue weighted by atomic mass is 14.9. The third kappa shape index (κ3) is 6.57. The molecule has 15 heavy (non-hydrogen) atoms. The van der Waals surface area contributed by atoms with E-state index in [1.54, 1.807) is 0 Å². The lowest BCUT2D eigenvalue weighted by molar-refractivity contribution is 0.260. The standard InChI is InChI=1S/C12H19N3/c1-11(2,3)9-12(4,5)15-8-10(6-13)7-14/h8,15H,9H2,1-5H3. The van der Waals surface area contributed by atoms with Crippen molar-refractivity contribution in [3.05, 3.63) is 11.8 Å². The molecule has 0 aliphatic rings. The molecule has 0 aliphatic heterocycles. The lowest BCUT2D eigenvalue weighted by atomic mass is 9.82. The topological polar surface area (TPSA) is 59.6 Å². The monoisotopic (exact) mass is 205 g/mol. The van der Waals surface area contributed by atoms with Gasteiger partial charge in [0.05, 0.1) is 0 Å². The largest absolute Gasteiger partial charge is 0.384 e. The minimum Gasteiger partial charge on any atom is -0.384 e. The Balaban J connectivity index is 4.49. The first-order valence-corrected chi connectivity index (χ1v) is 4.98. The maximum Gasteiger partial charge on any atom is 0.145 e. The van der Waals surface area contributed by atoms with E-state index in [2.05, 4.69) is 39.9 Å². The molecule has 0 saturated heterocycles. The number of allylic oxidation sites excluding steroid dienone is 1. The number of hydrogen-bond donors (Lipinski definition) is 1. The smallest absolute Gasteiger partial charge is 0.145 e. The molecule has 0 bridgehead atoms. The Labute approximate surface area is 92.4 Å². The van der Waals surface area contributed by atoms with Crippen molar-refractivity contribution in [2.24, 2.45) is 5.41 Å². The average molecular weight is 205 g/mol. The second kappa shape index (κ2) is 4.84. The summed E-state index contributed by atoms with van der Waals surface area (Å²) in [6, 6.07) is 3.65. The zero-order valence-electron chi connectivity index (χ0n) is 10.2. The van der Waals surface area contributed by atoms with E-state index in [0.29, 0.717) is 0 Å². The van der Waals surface area contributed by atoms with Gasteiger partial charge in [0, 0.05) is 11.7 Å². The van der Waals surface area contributed by atoms with E-state index < -0.39 is 0 Å². The summed E-state index contributed by atoms with van der Waals surface area (Å²) in [6.07, 6.45) is 2.45. The lowest BCUT2D eigenvalue weighted by Gasteiger charge is -2.32. The van der Waals surface area contributed by atoms with Gasteiger partial charge in [-0.25, -0.2) is 0 Å². The van der Waals surface area contributed by atoms with Crippen molar-refractivity contribution in [2.75, 3.05) is 0 Å². The van der Waals surface area contributed by atoms with Crippen LogP contribution in [0.25, 0.3) is 0 Å². The average Bonchev–Trinajstić information content (AvgIpc) is 2.01. The van der Waals surface area contributed by atoms with E-state index in [9.17, 15) is 0 Å². The first kappa shape index (κ1) is 13.5. The van der Waals surface area contributed by atoms with E-state index in [0.717, 1.165) is 6.42 Å². The molecule has 0 unspecified atom stereocenters. The van der Waals surface area contributed by atoms with E-state index in [4.69, 9.17) is 10.5 Å². The zero-order valence-corrected chi connectivity index (χ0v) is 10.2. The molecule has 82 valence electrons. The normalized spacial score (nSPS) is 11.1. The molecule has 0 atom stereocenters. The molecule has 0 aromatic rings. The molecule has 0 radical (unpaired) electrons. The van der Waals surface area contributed by atoms with Crippen molar-refractivity contribution in [1.29, 1.82) is 10.5 Å². The predicted molar refractivity (Wildman–Crippen MR) is 60.6 cm³/mol. The van der Waals surface area contributed by atoms with Crippen molar-refractivity contribution in [2.45, 2.75) is 46.6 Å². The fourth-order valence-electron chi connectivity index (χ4n) is 1.73. The van der Waals surface area contributed by atoms with Gasteiger partial charge in [-0.3, -0.25) is 0 Å². The third-order valence-corrected chi connectivity index (χ3v) is 1.82. The van der Waals surface area contributed by atoms with Gasteiger partial charge < -0.3 is 5.32 Å². The van der Waals surface area contributed by atoms with Crippen LogP contribution in [0, 0.1) is 28.1 Å². The Morgan fingerprint density at radius 2 is 1.60 bits per heavy atom. The van der Waals surface area contributed by atoms with Gasteiger partial charge in [0.25, 0.3) is 0 Å². The molecular weight excluding hydrogens is 186 g/mol. The van der Waals surface area contributed by atoms with E-state index in [-0.39, 0.29) is 16.5 Å². The summed E-state index contributed by atoms with van der Waals surface area (Å²) in [4.78, 5) is 0. The maximum atomic E-state index is 8.57. The van der Waals surface area contributed by atoms with Gasteiger partial charge in [-0.2, -0.15) is 10.5 Å². The second-order valence-electron chi connectivity index (χ2n) is 5.55. The molecule has 0 amide bonds. The maximum absolute atomic E-state index is 8.57. The fourth-order valence-corrected chi connectivity index (χ4v) is 1.73. The molecule has 0 aromatic heterocycles. The Morgan fingerprint density at radius 3 is 1.93 bits per heavy atom. The van der Waals surface area contributed by atoms with Gasteiger partial charge in [-0.1, -0.05) is 20.8 Å². The van der Waals surface area contributed by atoms with Crippen LogP contribution in [0.4, 0.5) is 0 Å². The minimum absolute atomic E-state index is 0.108. The summed E-state index contributed by atoms with van der Waals surface area (Å²) in [5, 5.41) is 20.3. The molecule has 0 saturated carbocycles. The highest BCUT2D eigenvalue weighted by Gasteiger charge is 2.24. The molecule has 0 aromatic carbocycles. The summed E-state index contributed by atoms with van der Waals surface area (Å²) < 4.78 is 0. The molecule has 3 heteroatoms. The van der Waals surface area contributed by atoms with Gasteiger partial charge in [-0.15, -0.1) is 0 Å². The van der Waals surface area contributed by atoms with E-state index in [1.807, 2.05) is 12.1 Å². The first-order chi connectivity index (χ1) is 6.70. The number of rotatable bonds is 3. The lowest BCUT2D eigenvalue weighted by Crippen LogP contribution is -2.39. The predicted octanol–water partition coefficient (Wildman–Crippen LogP) is 2.72. The van der Waals surface area contributed by atoms with Gasteiger partial charge in [-0.05, 0) is 25.7 Å². The molecule has 0 fully saturated rings. The van der Waals surface area contributed by atoms with Crippen LogP contribution in [0.3, 0.4) is 0 Å². The summed E-state index contributed by atoms with van der Waals surface area (Å²) in [5.41, 5.74) is 0.207. The number of hydrogen-bond acceptors (Lipinski definition) is 3. The molecular formula is C12H19N3. The first-order valence-electron chi connectivity index (χ1n) is 4.98. The van der Waals surface area contributed by atoms with Crippen molar-refractivity contribution >= 4 is 0 Å². The number of nitrogens with zero attached hydrogens (tertiary/aromatic N) is 2. The summed E-state index contributed by atoms with van der Waals surface area (Å²) in [5.74, 6) is 0. The zero-order chi connectivity index (χ0) is 12.1. The molecule has 1 N–H and O–H groups in total. The van der Waals surface area contributed by atoms with E-state index >= 15 is 0 Å². The van der Waals surface area contributed by atoms with Crippen LogP contribution in [0.1, 0.15) is 41.0 Å². The Morgan fingerprint density at radius 1 is 1.13 bits per heavy atom. The molecule has 3 nitrogen and oxygen atoms in total. The van der Waals surface area contributed by atoms with E-state index in [1.165, 1.54) is 6.20 Å². The summed E-state index contributed by atoms with van der Waals surface area (Å²) in [6.45, 7) is 10.6. The van der Waals surface area contributed by atoms with Crippen LogP contribution in [-0.2, 0) is 0 Å². The van der Waals surface area contributed by atoms with Crippen LogP contribution in [0.5, 0.6) is 0 Å². The van der Waals surface area contributed by atoms with Crippen LogP contribution in [0.2, 0.25) is 0 Å². The van der Waals surface area contributed by atoms with Crippen molar-refractivity contribution in [3.63, 3.8) is 0 Å². The minimum atomic E-state index is -0.114. The van der Waals surface area contributed by atoms with Crippen molar-refractivity contribution < 1.29 is 0 Å². The van der Waals surface area contributed by atoms with Crippen LogP contribution < -0.4 is 5.32 Å². The molecule has 0 heterocycles. The van der Waals surface area contributed by atoms with Crippen molar-refractivity contribution in [3.8, 4) is 12.1 Å². The summed E-state index contributed by atoms with van der Waals surface area (Å²) >= 11 is 0. The fraction of sp³-hybridized carbons (Fsp3) is 0.667. The summed E-state index contributed by atoms with van der Waals surface area (Å²) in [7, 11) is 0. The highest BCUT2D eigenvalue weighted by Crippen LogP contribution is 2.26. The van der Waals surface area contributed by atoms with Crippen molar-refractivity contribution in [1.82, 2.24) is 5.32 Å². The van der Waals surface area contributed by atoms with Gasteiger partial charge in [0.15, 0.2) is 0 Å². The van der Waals surface area contributed by atoms with Crippen LogP contribution in [-0.4, -0.2) is 5.54 Å². The van der Waals surface area contributed by atoms with Crippen LogP contribution in [0.15, 0.2) is 11.8 Å².